The Balaban J connectivity index is 0.00000729. The number of ether oxygens (including phenoxy) is 1. The topological polar surface area (TPSA) is 78.9 Å². The van der Waals surface area contributed by atoms with Gasteiger partial charge in [0, 0.05) is 31.6 Å². The normalized spacial score (nSPS) is 11.8. The smallest absolute Gasteiger partial charge is 0.410 e. The molecule has 0 fully saturated rings. The molecule has 1 amide bonds. The number of carbonyl (C=O) groups is 1. The van der Waals surface area contributed by atoms with Crippen LogP contribution >= 0.6 is 35.3 Å². The maximum absolute atomic E-state index is 12.2. The minimum absolute atomic E-state index is 0. The SMILES string of the molecule is CCNC(=NCc1nc(C(C)C)cs1)NCCN(CC)C(=O)OC(C)(C)C.I. The predicted octanol–water partition coefficient (Wildman–Crippen LogP) is 4.20. The lowest BCUT2D eigenvalue weighted by atomic mass is 10.2. The van der Waals surface area contributed by atoms with Crippen LogP contribution in [0.1, 0.15) is 65.1 Å². The van der Waals surface area contributed by atoms with Gasteiger partial charge < -0.3 is 20.3 Å². The van der Waals surface area contributed by atoms with E-state index < -0.39 is 5.60 Å². The Morgan fingerprint density at radius 2 is 2.00 bits per heavy atom. The van der Waals surface area contributed by atoms with E-state index in [-0.39, 0.29) is 30.1 Å². The summed E-state index contributed by atoms with van der Waals surface area (Å²) in [5, 5.41) is 9.58. The molecule has 0 aliphatic heterocycles. The van der Waals surface area contributed by atoms with Gasteiger partial charge in [-0.05, 0) is 40.5 Å². The van der Waals surface area contributed by atoms with Gasteiger partial charge in [0.15, 0.2) is 5.96 Å². The van der Waals surface area contributed by atoms with Gasteiger partial charge in [-0.3, -0.25) is 0 Å². The Hall–Kier alpha value is -1.10. The predicted molar refractivity (Wildman–Crippen MR) is 128 cm³/mol. The maximum Gasteiger partial charge on any atom is 0.410 e. The number of guanidine groups is 1. The average molecular weight is 526 g/mol. The molecule has 0 unspecified atom stereocenters. The van der Waals surface area contributed by atoms with Crippen LogP contribution in [0.5, 0.6) is 0 Å². The van der Waals surface area contributed by atoms with E-state index in [0.29, 0.717) is 32.1 Å². The third kappa shape index (κ3) is 10.4. The van der Waals surface area contributed by atoms with Crippen molar-refractivity contribution in [2.45, 2.75) is 66.5 Å². The van der Waals surface area contributed by atoms with Crippen molar-refractivity contribution >= 4 is 47.4 Å². The van der Waals surface area contributed by atoms with Crippen LogP contribution in [0.2, 0.25) is 0 Å². The zero-order chi connectivity index (χ0) is 20.4. The van der Waals surface area contributed by atoms with E-state index >= 15 is 0 Å². The molecule has 0 atom stereocenters. The van der Waals surface area contributed by atoms with Gasteiger partial charge in [0.1, 0.15) is 10.6 Å². The molecule has 0 bridgehead atoms. The second-order valence-corrected chi connectivity index (χ2v) is 8.45. The maximum atomic E-state index is 12.2. The second kappa shape index (κ2) is 13.2. The van der Waals surface area contributed by atoms with Crippen molar-refractivity contribution in [2.24, 2.45) is 4.99 Å². The third-order valence-electron chi connectivity index (χ3n) is 3.59. The highest BCUT2D eigenvalue weighted by molar-refractivity contribution is 14.0. The summed E-state index contributed by atoms with van der Waals surface area (Å²) in [6.07, 6.45) is -0.294. The van der Waals surface area contributed by atoms with Crippen molar-refractivity contribution in [1.29, 1.82) is 0 Å². The Bertz CT molecular complexity index is 614. The highest BCUT2D eigenvalue weighted by atomic mass is 127. The molecule has 2 N–H and O–H groups in total. The molecule has 9 heteroatoms. The molecule has 0 aliphatic rings. The summed E-state index contributed by atoms with van der Waals surface area (Å²) in [7, 11) is 0. The van der Waals surface area contributed by atoms with Gasteiger partial charge in [0.25, 0.3) is 0 Å². The number of aromatic nitrogens is 1. The van der Waals surface area contributed by atoms with Crippen molar-refractivity contribution in [1.82, 2.24) is 20.5 Å². The summed E-state index contributed by atoms with van der Waals surface area (Å²) in [6.45, 7) is 16.9. The summed E-state index contributed by atoms with van der Waals surface area (Å²) in [5.74, 6) is 1.15. The zero-order valence-corrected chi connectivity index (χ0v) is 21.3. The fourth-order valence-corrected chi connectivity index (χ4v) is 3.04. The number of halogens is 1. The zero-order valence-electron chi connectivity index (χ0n) is 18.2. The van der Waals surface area contributed by atoms with Crippen LogP contribution in [-0.2, 0) is 11.3 Å². The molecule has 0 aliphatic carbocycles. The molecule has 28 heavy (non-hydrogen) atoms. The first kappa shape index (κ1) is 26.9. The van der Waals surface area contributed by atoms with Crippen LogP contribution in [-0.4, -0.2) is 53.7 Å². The highest BCUT2D eigenvalue weighted by Gasteiger charge is 2.20. The van der Waals surface area contributed by atoms with Crippen molar-refractivity contribution in [3.63, 3.8) is 0 Å². The molecule has 0 radical (unpaired) electrons. The largest absolute Gasteiger partial charge is 0.444 e. The molecule has 1 rings (SSSR count). The van der Waals surface area contributed by atoms with Gasteiger partial charge in [-0.25, -0.2) is 14.8 Å². The Morgan fingerprint density at radius 1 is 1.32 bits per heavy atom. The van der Waals surface area contributed by atoms with Crippen LogP contribution in [0.3, 0.4) is 0 Å². The second-order valence-electron chi connectivity index (χ2n) is 7.50. The lowest BCUT2D eigenvalue weighted by molar-refractivity contribution is 0.0264. The number of rotatable bonds is 8. The Kier molecular flexibility index (Phi) is 12.7. The van der Waals surface area contributed by atoms with Gasteiger partial charge in [-0.1, -0.05) is 13.8 Å². The van der Waals surface area contributed by atoms with Crippen LogP contribution in [0, 0.1) is 0 Å². The van der Waals surface area contributed by atoms with E-state index in [1.54, 1.807) is 16.2 Å². The summed E-state index contributed by atoms with van der Waals surface area (Å²) >= 11 is 1.64. The van der Waals surface area contributed by atoms with Crippen LogP contribution in [0.25, 0.3) is 0 Å². The van der Waals surface area contributed by atoms with Gasteiger partial charge in [0.2, 0.25) is 0 Å². The number of nitrogens with one attached hydrogen (secondary N) is 2. The van der Waals surface area contributed by atoms with Crippen molar-refractivity contribution in [3.8, 4) is 0 Å². The summed E-state index contributed by atoms with van der Waals surface area (Å²) < 4.78 is 5.43. The first-order valence-corrected chi connectivity index (χ1v) is 10.5. The van der Waals surface area contributed by atoms with Crippen LogP contribution in [0.4, 0.5) is 4.79 Å². The minimum atomic E-state index is -0.489. The summed E-state index contributed by atoms with van der Waals surface area (Å²) in [6, 6.07) is 0. The molecule has 7 nitrogen and oxygen atoms in total. The molecule has 0 aromatic carbocycles. The monoisotopic (exact) mass is 525 g/mol. The fraction of sp³-hybridized carbons (Fsp3) is 0.737. The quantitative estimate of drug-likeness (QED) is 0.302. The molecule has 0 saturated carbocycles. The Morgan fingerprint density at radius 3 is 2.50 bits per heavy atom. The number of hydrogen-bond acceptors (Lipinski definition) is 5. The van der Waals surface area contributed by atoms with E-state index in [1.165, 1.54) is 0 Å². The molecule has 1 heterocycles. The average Bonchev–Trinajstić information content (AvgIpc) is 3.04. The number of carbonyl (C=O) groups excluding carboxylic acids is 1. The van der Waals surface area contributed by atoms with Gasteiger partial charge in [0.05, 0.1) is 12.2 Å². The van der Waals surface area contributed by atoms with Crippen LogP contribution < -0.4 is 10.6 Å². The number of likely N-dealkylation sites (N-methyl/N-ethyl adjacent to an activating group) is 1. The Labute approximate surface area is 190 Å². The lowest BCUT2D eigenvalue weighted by Crippen LogP contribution is -2.44. The van der Waals surface area contributed by atoms with Gasteiger partial charge in [-0.15, -0.1) is 35.3 Å². The number of nitrogens with zero attached hydrogens (tertiary/aromatic N) is 3. The van der Waals surface area contributed by atoms with Gasteiger partial charge >= 0.3 is 6.09 Å². The molecule has 1 aromatic heterocycles. The van der Waals surface area contributed by atoms with Crippen LogP contribution in [0.15, 0.2) is 10.4 Å². The number of amides is 1. The minimum Gasteiger partial charge on any atom is -0.444 e. The summed E-state index contributed by atoms with van der Waals surface area (Å²) in [5.41, 5.74) is 0.621. The van der Waals surface area contributed by atoms with E-state index in [0.717, 1.165) is 23.2 Å². The van der Waals surface area contributed by atoms with E-state index in [1.807, 2.05) is 34.6 Å². The first-order chi connectivity index (χ1) is 12.7. The van der Waals surface area contributed by atoms with Crippen molar-refractivity contribution in [3.05, 3.63) is 16.1 Å². The molecule has 162 valence electrons. The molecule has 0 spiro atoms. The van der Waals surface area contributed by atoms with E-state index in [2.05, 4.69) is 39.8 Å². The number of aliphatic imine (C=N–C) groups is 1. The van der Waals surface area contributed by atoms with Crippen molar-refractivity contribution < 1.29 is 9.53 Å². The lowest BCUT2D eigenvalue weighted by Gasteiger charge is -2.26. The molecule has 0 saturated heterocycles. The third-order valence-corrected chi connectivity index (χ3v) is 4.44. The standard InChI is InChI=1S/C19H35N5O2S.HI/c1-8-20-17(22-12-16-23-15(13-27-16)14(3)4)21-10-11-24(9-2)18(25)26-19(5,6)7;/h13-14H,8-12H2,1-7H3,(H2,20,21,22);1H. The van der Waals surface area contributed by atoms with E-state index in [9.17, 15) is 4.79 Å². The summed E-state index contributed by atoms with van der Waals surface area (Å²) in [4.78, 5) is 23.1. The number of thiazole rings is 1. The highest BCUT2D eigenvalue weighted by Crippen LogP contribution is 2.18. The first-order valence-electron chi connectivity index (χ1n) is 9.60. The number of hydrogen-bond donors (Lipinski definition) is 2. The van der Waals surface area contributed by atoms with Crippen molar-refractivity contribution in [2.75, 3.05) is 26.2 Å². The molecular formula is C19H36IN5O2S. The van der Waals surface area contributed by atoms with E-state index in [4.69, 9.17) is 4.74 Å². The molecule has 1 aromatic rings. The molecular weight excluding hydrogens is 489 g/mol. The van der Waals surface area contributed by atoms with Gasteiger partial charge in [-0.2, -0.15) is 0 Å². The fourth-order valence-electron chi connectivity index (χ4n) is 2.17.